The molecule has 14 heteroatoms. The number of benzene rings is 1. The van der Waals surface area contributed by atoms with Crippen molar-refractivity contribution in [1.29, 1.82) is 0 Å². The van der Waals surface area contributed by atoms with Crippen LogP contribution in [0.25, 0.3) is 5.69 Å². The topological polar surface area (TPSA) is 131 Å². The number of nitrogens with one attached hydrogen (secondary N) is 4. The minimum atomic E-state index is -0.661. The van der Waals surface area contributed by atoms with E-state index in [1.165, 1.54) is 17.9 Å². The van der Waals surface area contributed by atoms with E-state index in [0.29, 0.717) is 22.4 Å². The van der Waals surface area contributed by atoms with Gasteiger partial charge >= 0.3 is 6.09 Å². The maximum atomic E-state index is 14.5. The number of anilines is 1. The Kier molecular flexibility index (Phi) is 10.7. The highest BCUT2D eigenvalue weighted by Gasteiger charge is 2.21. The zero-order valence-electron chi connectivity index (χ0n) is 19.0. The molecular weight excluding hydrogens is 580 g/mol. The molecule has 4 N–H and O–H groups in total. The molecule has 2 aromatic rings. The molecule has 0 spiro atoms. The van der Waals surface area contributed by atoms with Crippen LogP contribution in [0, 0.1) is 5.82 Å². The SMILES string of the molecule is COC(=S)NCc1cn(-c2ccc(NCCNC(=O)CNC(=O)OC(C)(C)CI)c(F)c2)nn1. The van der Waals surface area contributed by atoms with E-state index in [0.717, 1.165) is 0 Å². The van der Waals surface area contributed by atoms with Gasteiger partial charge in [0.15, 0.2) is 0 Å². The summed E-state index contributed by atoms with van der Waals surface area (Å²) in [7, 11) is 1.46. The molecular formula is C20H27FIN7O4S. The van der Waals surface area contributed by atoms with E-state index in [9.17, 15) is 14.0 Å². The average molecular weight is 607 g/mol. The molecule has 0 aliphatic rings. The van der Waals surface area contributed by atoms with Crippen LogP contribution in [0.5, 0.6) is 0 Å². The number of carbonyl (C=O) groups excluding carboxylic acids is 2. The van der Waals surface area contributed by atoms with Gasteiger partial charge in [0.05, 0.1) is 37.8 Å². The van der Waals surface area contributed by atoms with Crippen LogP contribution in [0.2, 0.25) is 0 Å². The summed E-state index contributed by atoms with van der Waals surface area (Å²) in [5.74, 6) is -0.869. The number of halogens is 2. The quantitative estimate of drug-likeness (QED) is 0.131. The van der Waals surface area contributed by atoms with Crippen molar-refractivity contribution in [1.82, 2.24) is 30.9 Å². The van der Waals surface area contributed by atoms with Crippen molar-refractivity contribution >= 4 is 57.7 Å². The van der Waals surface area contributed by atoms with Gasteiger partial charge in [-0.25, -0.2) is 13.9 Å². The smallest absolute Gasteiger partial charge is 0.408 e. The van der Waals surface area contributed by atoms with E-state index < -0.39 is 17.5 Å². The lowest BCUT2D eigenvalue weighted by atomic mass is 10.2. The number of alkyl halides is 1. The highest BCUT2D eigenvalue weighted by atomic mass is 127. The fraction of sp³-hybridized carbons (Fsp3) is 0.450. The molecule has 0 aliphatic carbocycles. The Morgan fingerprint density at radius 1 is 1.24 bits per heavy atom. The molecule has 2 amide bonds. The number of thiocarbonyl (C=S) groups is 1. The fourth-order valence-electron chi connectivity index (χ4n) is 2.46. The van der Waals surface area contributed by atoms with Gasteiger partial charge in [-0.3, -0.25) is 4.79 Å². The van der Waals surface area contributed by atoms with Crippen LogP contribution in [0.3, 0.4) is 0 Å². The van der Waals surface area contributed by atoms with Crippen LogP contribution in [-0.4, -0.2) is 68.9 Å². The average Bonchev–Trinajstić information content (AvgIpc) is 3.28. The summed E-state index contributed by atoms with van der Waals surface area (Å²) in [5, 5.41) is 19.0. The number of hydrogen-bond acceptors (Lipinski definition) is 8. The molecule has 1 heterocycles. The number of aromatic nitrogens is 3. The molecule has 34 heavy (non-hydrogen) atoms. The summed E-state index contributed by atoms with van der Waals surface area (Å²) in [6.45, 7) is 4.18. The van der Waals surface area contributed by atoms with E-state index in [1.54, 1.807) is 32.2 Å². The third-order valence-corrected chi connectivity index (χ3v) is 6.35. The normalized spacial score (nSPS) is 10.9. The molecule has 0 bridgehead atoms. The first-order valence-electron chi connectivity index (χ1n) is 10.2. The van der Waals surface area contributed by atoms with Gasteiger partial charge < -0.3 is 30.7 Å². The number of carbonyl (C=O) groups is 2. The largest absolute Gasteiger partial charge is 0.474 e. The fourth-order valence-corrected chi connectivity index (χ4v) is 2.69. The van der Waals surface area contributed by atoms with Crippen LogP contribution >= 0.6 is 34.8 Å². The summed E-state index contributed by atoms with van der Waals surface area (Å²) in [6.07, 6.45) is 0.987. The zero-order chi connectivity index (χ0) is 25.1. The van der Waals surface area contributed by atoms with Crippen LogP contribution in [-0.2, 0) is 20.8 Å². The number of rotatable bonds is 11. The summed E-state index contributed by atoms with van der Waals surface area (Å²) >= 11 is 7.01. The molecule has 0 radical (unpaired) electrons. The van der Waals surface area contributed by atoms with Gasteiger partial charge in [-0.1, -0.05) is 27.8 Å². The maximum absolute atomic E-state index is 14.5. The highest BCUT2D eigenvalue weighted by Crippen LogP contribution is 2.18. The molecule has 0 unspecified atom stereocenters. The Labute approximate surface area is 215 Å². The molecule has 1 aromatic carbocycles. The first kappa shape index (κ1) is 27.5. The lowest BCUT2D eigenvalue weighted by Gasteiger charge is -2.22. The molecule has 186 valence electrons. The Balaban J connectivity index is 1.75. The van der Waals surface area contributed by atoms with Gasteiger partial charge in [0, 0.05) is 23.6 Å². The van der Waals surface area contributed by atoms with Crippen molar-refractivity contribution in [2.45, 2.75) is 26.0 Å². The second-order valence-corrected chi connectivity index (χ2v) is 8.71. The maximum Gasteiger partial charge on any atom is 0.408 e. The molecule has 11 nitrogen and oxygen atoms in total. The Morgan fingerprint density at radius 2 is 2.00 bits per heavy atom. The molecule has 1 aromatic heterocycles. The van der Waals surface area contributed by atoms with Gasteiger partial charge in [0.1, 0.15) is 17.1 Å². The number of methoxy groups -OCH3 is 1. The lowest BCUT2D eigenvalue weighted by molar-refractivity contribution is -0.120. The number of alkyl carbamates (subject to hydrolysis) is 1. The van der Waals surface area contributed by atoms with E-state index in [2.05, 4.69) is 54.2 Å². The number of hydrogen-bond donors (Lipinski definition) is 4. The monoisotopic (exact) mass is 607 g/mol. The second kappa shape index (κ2) is 13.2. The van der Waals surface area contributed by atoms with Crippen LogP contribution in [0.15, 0.2) is 24.4 Å². The van der Waals surface area contributed by atoms with Crippen LogP contribution in [0.4, 0.5) is 14.9 Å². The Hall–Kier alpha value is -2.75. The Bertz CT molecular complexity index is 1010. The van der Waals surface area contributed by atoms with Gasteiger partial charge in [0.2, 0.25) is 5.91 Å². The summed E-state index contributed by atoms with van der Waals surface area (Å²) in [6, 6.07) is 4.57. The first-order valence-corrected chi connectivity index (χ1v) is 12.1. The molecule has 0 saturated carbocycles. The predicted molar refractivity (Wildman–Crippen MR) is 137 cm³/mol. The molecule has 0 aliphatic heterocycles. The zero-order valence-corrected chi connectivity index (χ0v) is 22.0. The number of nitrogens with zero attached hydrogens (tertiary/aromatic N) is 3. The third-order valence-electron chi connectivity index (χ3n) is 4.20. The minimum Gasteiger partial charge on any atom is -0.474 e. The van der Waals surface area contributed by atoms with E-state index in [4.69, 9.17) is 21.7 Å². The van der Waals surface area contributed by atoms with E-state index in [1.807, 2.05) is 0 Å². The molecule has 0 atom stereocenters. The Morgan fingerprint density at radius 3 is 2.68 bits per heavy atom. The van der Waals surface area contributed by atoms with Gasteiger partial charge in [-0.15, -0.1) is 5.10 Å². The van der Waals surface area contributed by atoms with Crippen molar-refractivity contribution in [2.24, 2.45) is 0 Å². The van der Waals surface area contributed by atoms with Crippen molar-refractivity contribution in [2.75, 3.05) is 36.5 Å². The van der Waals surface area contributed by atoms with Crippen molar-refractivity contribution in [3.8, 4) is 5.69 Å². The number of ether oxygens (including phenoxy) is 2. The first-order chi connectivity index (χ1) is 16.1. The van der Waals surface area contributed by atoms with Gasteiger partial charge in [0.25, 0.3) is 5.17 Å². The van der Waals surface area contributed by atoms with Crippen molar-refractivity contribution in [3.05, 3.63) is 35.9 Å². The molecule has 0 saturated heterocycles. The van der Waals surface area contributed by atoms with Crippen molar-refractivity contribution in [3.63, 3.8) is 0 Å². The van der Waals surface area contributed by atoms with Crippen molar-refractivity contribution < 1.29 is 23.5 Å². The molecule has 2 rings (SSSR count). The molecule has 0 fully saturated rings. The van der Waals surface area contributed by atoms with Crippen LogP contribution in [0.1, 0.15) is 19.5 Å². The summed E-state index contributed by atoms with van der Waals surface area (Å²) in [4.78, 5) is 23.5. The standard InChI is InChI=1S/C20H27FIN7O4S/c1-20(2,12-22)33-18(31)25-10-17(30)24-7-6-23-16-5-4-14(8-15(16)21)29-11-13(27-28-29)9-26-19(34)32-3/h4-5,8,11,23H,6-7,9-10,12H2,1-3H3,(H,24,30)(H,25,31)(H,26,34). The minimum absolute atomic E-state index is 0.216. The predicted octanol–water partition coefficient (Wildman–Crippen LogP) is 1.90. The number of amides is 2. The van der Waals surface area contributed by atoms with Crippen LogP contribution < -0.4 is 21.3 Å². The highest BCUT2D eigenvalue weighted by molar-refractivity contribution is 14.1. The van der Waals surface area contributed by atoms with Gasteiger partial charge in [-0.05, 0) is 38.2 Å². The second-order valence-electron chi connectivity index (χ2n) is 7.58. The third kappa shape index (κ3) is 9.24. The van der Waals surface area contributed by atoms with Gasteiger partial charge in [-0.2, -0.15) is 0 Å². The lowest BCUT2D eigenvalue weighted by Crippen LogP contribution is -2.41. The summed E-state index contributed by atoms with van der Waals surface area (Å²) < 4.78 is 26.6. The van der Waals surface area contributed by atoms with E-state index >= 15 is 0 Å². The summed E-state index contributed by atoms with van der Waals surface area (Å²) in [5.41, 5.74) is 0.756. The van der Waals surface area contributed by atoms with E-state index in [-0.39, 0.29) is 36.4 Å².